The third kappa shape index (κ3) is 2.20. The SMILES string of the molecule is CNC(=O)c1cc2ccc(=O)n(-c3ccc(F)cc3)c2[nH]1. The fraction of sp³-hybridized carbons (Fsp3) is 0.0667. The van der Waals surface area contributed by atoms with Crippen molar-refractivity contribution in [2.75, 3.05) is 7.05 Å². The molecule has 0 aliphatic heterocycles. The fourth-order valence-electron chi connectivity index (χ4n) is 2.22. The zero-order valence-corrected chi connectivity index (χ0v) is 11.2. The number of halogens is 1. The van der Waals surface area contributed by atoms with Gasteiger partial charge in [0.2, 0.25) is 0 Å². The highest BCUT2D eigenvalue weighted by molar-refractivity contribution is 5.97. The molecule has 0 radical (unpaired) electrons. The number of carbonyl (C=O) groups is 1. The predicted octanol–water partition coefficient (Wildman–Crippen LogP) is 1.82. The molecule has 0 fully saturated rings. The molecule has 0 atom stereocenters. The molecule has 5 nitrogen and oxygen atoms in total. The van der Waals surface area contributed by atoms with Crippen molar-refractivity contribution in [2.24, 2.45) is 0 Å². The van der Waals surface area contributed by atoms with Crippen LogP contribution in [-0.4, -0.2) is 22.5 Å². The fourth-order valence-corrected chi connectivity index (χ4v) is 2.22. The number of benzene rings is 1. The lowest BCUT2D eigenvalue weighted by Crippen LogP contribution is -2.19. The Balaban J connectivity index is 2.28. The van der Waals surface area contributed by atoms with Crippen LogP contribution in [-0.2, 0) is 0 Å². The maximum Gasteiger partial charge on any atom is 0.267 e. The average molecular weight is 285 g/mol. The Morgan fingerprint density at radius 1 is 1.19 bits per heavy atom. The summed E-state index contributed by atoms with van der Waals surface area (Å²) in [5.41, 5.74) is 1.11. The van der Waals surface area contributed by atoms with Crippen molar-refractivity contribution in [3.63, 3.8) is 0 Å². The first-order valence-electron chi connectivity index (χ1n) is 6.33. The molecule has 1 amide bonds. The van der Waals surface area contributed by atoms with Gasteiger partial charge >= 0.3 is 0 Å². The molecule has 0 saturated heterocycles. The van der Waals surface area contributed by atoms with Crippen molar-refractivity contribution < 1.29 is 9.18 Å². The van der Waals surface area contributed by atoms with Gasteiger partial charge in [-0.15, -0.1) is 0 Å². The Morgan fingerprint density at radius 2 is 1.90 bits per heavy atom. The van der Waals surface area contributed by atoms with E-state index >= 15 is 0 Å². The summed E-state index contributed by atoms with van der Waals surface area (Å²) in [6.45, 7) is 0. The van der Waals surface area contributed by atoms with Crippen LogP contribution in [0.2, 0.25) is 0 Å². The predicted molar refractivity (Wildman–Crippen MR) is 77.2 cm³/mol. The molecule has 2 heterocycles. The van der Waals surface area contributed by atoms with Crippen LogP contribution in [0.4, 0.5) is 4.39 Å². The second-order valence-electron chi connectivity index (χ2n) is 4.55. The summed E-state index contributed by atoms with van der Waals surface area (Å²) in [6, 6.07) is 10.3. The molecular formula is C15H12FN3O2. The monoisotopic (exact) mass is 285 g/mol. The van der Waals surface area contributed by atoms with Gasteiger partial charge in [0.05, 0.1) is 5.69 Å². The first-order chi connectivity index (χ1) is 10.1. The van der Waals surface area contributed by atoms with Crippen LogP contribution < -0.4 is 10.9 Å². The lowest BCUT2D eigenvalue weighted by atomic mass is 10.2. The second kappa shape index (κ2) is 4.90. The number of carbonyl (C=O) groups excluding carboxylic acids is 1. The van der Waals surface area contributed by atoms with Gasteiger partial charge in [-0.1, -0.05) is 0 Å². The maximum absolute atomic E-state index is 13.0. The van der Waals surface area contributed by atoms with Gasteiger partial charge in [0.15, 0.2) is 0 Å². The zero-order chi connectivity index (χ0) is 15.0. The molecule has 3 rings (SSSR count). The van der Waals surface area contributed by atoms with Crippen LogP contribution in [0.5, 0.6) is 0 Å². The van der Waals surface area contributed by atoms with Gasteiger partial charge in [0.25, 0.3) is 11.5 Å². The summed E-state index contributed by atoms with van der Waals surface area (Å²) >= 11 is 0. The Morgan fingerprint density at radius 3 is 2.57 bits per heavy atom. The summed E-state index contributed by atoms with van der Waals surface area (Å²) in [5.74, 6) is -0.652. The van der Waals surface area contributed by atoms with Crippen molar-refractivity contribution in [3.05, 3.63) is 64.3 Å². The molecule has 0 spiro atoms. The summed E-state index contributed by atoms with van der Waals surface area (Å²) in [5, 5.41) is 3.24. The van der Waals surface area contributed by atoms with Crippen LogP contribution in [0.25, 0.3) is 16.7 Å². The minimum absolute atomic E-state index is 0.264. The van der Waals surface area contributed by atoms with Crippen molar-refractivity contribution in [2.45, 2.75) is 0 Å². The Bertz CT molecular complexity index is 878. The van der Waals surface area contributed by atoms with Crippen LogP contribution in [0.15, 0.2) is 47.3 Å². The van der Waals surface area contributed by atoms with Crippen LogP contribution in [0.3, 0.4) is 0 Å². The zero-order valence-electron chi connectivity index (χ0n) is 11.2. The Kier molecular flexibility index (Phi) is 3.06. The van der Waals surface area contributed by atoms with Crippen molar-refractivity contribution in [1.29, 1.82) is 0 Å². The molecule has 106 valence electrons. The molecular weight excluding hydrogens is 273 g/mol. The highest BCUT2D eigenvalue weighted by Gasteiger charge is 2.12. The van der Waals surface area contributed by atoms with E-state index in [0.717, 1.165) is 5.39 Å². The Labute approximate surface area is 119 Å². The molecule has 0 bridgehead atoms. The molecule has 21 heavy (non-hydrogen) atoms. The van der Waals surface area contributed by atoms with Gasteiger partial charge in [-0.3, -0.25) is 14.2 Å². The number of fused-ring (bicyclic) bond motifs is 1. The number of rotatable bonds is 2. The van der Waals surface area contributed by atoms with Crippen molar-refractivity contribution in [3.8, 4) is 5.69 Å². The molecule has 0 saturated carbocycles. The van der Waals surface area contributed by atoms with Crippen LogP contribution >= 0.6 is 0 Å². The first kappa shape index (κ1) is 13.1. The number of hydrogen-bond donors (Lipinski definition) is 2. The van der Waals surface area contributed by atoms with E-state index in [0.29, 0.717) is 17.0 Å². The quantitative estimate of drug-likeness (QED) is 0.754. The minimum atomic E-state index is -0.378. The lowest BCUT2D eigenvalue weighted by molar-refractivity contribution is 0.0959. The molecule has 3 aromatic rings. The van der Waals surface area contributed by atoms with Gasteiger partial charge in [0.1, 0.15) is 17.2 Å². The summed E-state index contributed by atoms with van der Waals surface area (Å²) < 4.78 is 14.4. The van der Waals surface area contributed by atoms with Gasteiger partial charge in [0, 0.05) is 18.5 Å². The molecule has 2 N–H and O–H groups in total. The van der Waals surface area contributed by atoms with E-state index in [2.05, 4.69) is 10.3 Å². The van der Waals surface area contributed by atoms with E-state index in [-0.39, 0.29) is 17.3 Å². The highest BCUT2D eigenvalue weighted by Crippen LogP contribution is 2.17. The number of nitrogens with one attached hydrogen (secondary N) is 2. The molecule has 6 heteroatoms. The molecule has 2 aromatic heterocycles. The number of aromatic amines is 1. The third-order valence-corrected chi connectivity index (χ3v) is 3.23. The number of amides is 1. The van der Waals surface area contributed by atoms with Crippen LogP contribution in [0.1, 0.15) is 10.5 Å². The lowest BCUT2D eigenvalue weighted by Gasteiger charge is -2.07. The number of H-pyrrole nitrogens is 1. The van der Waals surface area contributed by atoms with Crippen molar-refractivity contribution >= 4 is 16.9 Å². The second-order valence-corrected chi connectivity index (χ2v) is 4.55. The van der Waals surface area contributed by atoms with Gasteiger partial charge < -0.3 is 10.3 Å². The molecule has 1 aromatic carbocycles. The number of aromatic nitrogens is 2. The smallest absolute Gasteiger partial charge is 0.267 e. The van der Waals surface area contributed by atoms with Crippen LogP contribution in [0, 0.1) is 5.82 Å². The van der Waals surface area contributed by atoms with E-state index in [1.807, 2.05) is 0 Å². The standard InChI is InChI=1S/C15H12FN3O2/c1-17-15(21)12-8-9-2-7-13(20)19(14(9)18-12)11-5-3-10(16)4-6-11/h2-8,18H,1H3,(H,17,21). The maximum atomic E-state index is 13.0. The number of hydrogen-bond acceptors (Lipinski definition) is 2. The molecule has 0 aliphatic rings. The van der Waals surface area contributed by atoms with E-state index in [9.17, 15) is 14.0 Å². The van der Waals surface area contributed by atoms with E-state index in [4.69, 9.17) is 0 Å². The largest absolute Gasteiger partial charge is 0.354 e. The third-order valence-electron chi connectivity index (χ3n) is 3.23. The highest BCUT2D eigenvalue weighted by atomic mass is 19.1. The summed E-state index contributed by atoms with van der Waals surface area (Å²) in [7, 11) is 1.53. The summed E-state index contributed by atoms with van der Waals surface area (Å²) in [4.78, 5) is 26.7. The first-order valence-corrected chi connectivity index (χ1v) is 6.33. The average Bonchev–Trinajstić information content (AvgIpc) is 2.91. The molecule has 0 unspecified atom stereocenters. The van der Waals surface area contributed by atoms with E-state index in [1.165, 1.54) is 41.9 Å². The number of pyridine rings is 1. The topological polar surface area (TPSA) is 66.9 Å². The molecule has 0 aliphatic carbocycles. The van der Waals surface area contributed by atoms with Crippen molar-refractivity contribution in [1.82, 2.24) is 14.9 Å². The Hall–Kier alpha value is -2.89. The minimum Gasteiger partial charge on any atom is -0.354 e. The number of nitrogens with zero attached hydrogens (tertiary/aromatic N) is 1. The summed E-state index contributed by atoms with van der Waals surface area (Å²) in [6.07, 6.45) is 0. The normalized spacial score (nSPS) is 10.8. The van der Waals surface area contributed by atoms with Gasteiger partial charge in [-0.05, 0) is 36.4 Å². The van der Waals surface area contributed by atoms with E-state index < -0.39 is 0 Å². The van der Waals surface area contributed by atoms with Gasteiger partial charge in [-0.2, -0.15) is 0 Å². The van der Waals surface area contributed by atoms with Gasteiger partial charge in [-0.25, -0.2) is 4.39 Å². The van der Waals surface area contributed by atoms with E-state index in [1.54, 1.807) is 12.1 Å².